The minimum absolute atomic E-state index is 0.257. The zero-order chi connectivity index (χ0) is 21.7. The Kier molecular flexibility index (Phi) is 6.85. The summed E-state index contributed by atoms with van der Waals surface area (Å²) in [6.07, 6.45) is 3.60. The van der Waals surface area contributed by atoms with E-state index in [4.69, 9.17) is 4.74 Å². The van der Waals surface area contributed by atoms with E-state index in [0.717, 1.165) is 29.7 Å². The molecule has 6 heteroatoms. The van der Waals surface area contributed by atoms with Gasteiger partial charge in [-0.25, -0.2) is 14.2 Å². The van der Waals surface area contributed by atoms with Crippen LogP contribution in [0.15, 0.2) is 36.4 Å². The van der Waals surface area contributed by atoms with E-state index in [0.29, 0.717) is 25.2 Å². The summed E-state index contributed by atoms with van der Waals surface area (Å²) in [5.74, 6) is -0.634. The van der Waals surface area contributed by atoms with E-state index in [1.54, 1.807) is 25.1 Å². The molecular weight excluding hydrogens is 383 g/mol. The third kappa shape index (κ3) is 4.86. The number of hydrogen-bond donors (Lipinski definition) is 1. The van der Waals surface area contributed by atoms with Gasteiger partial charge in [-0.05, 0) is 67.9 Å². The van der Waals surface area contributed by atoms with Crippen molar-refractivity contribution in [3.8, 4) is 0 Å². The number of ether oxygens (including phenoxy) is 1. The van der Waals surface area contributed by atoms with Gasteiger partial charge in [-0.2, -0.15) is 0 Å². The molecule has 2 aromatic rings. The number of benzene rings is 1. The Hall–Kier alpha value is -2.76. The fourth-order valence-corrected chi connectivity index (χ4v) is 3.66. The number of carbonyl (C=O) groups excluding carboxylic acids is 2. The molecule has 1 fully saturated rings. The minimum atomic E-state index is -1.07. The van der Waals surface area contributed by atoms with Crippen LogP contribution in [-0.2, 0) is 16.0 Å². The van der Waals surface area contributed by atoms with Gasteiger partial charge in [0.1, 0.15) is 17.1 Å². The summed E-state index contributed by atoms with van der Waals surface area (Å²) in [6.45, 7) is 5.71. The Labute approximate surface area is 177 Å². The molecule has 3 rings (SSSR count). The van der Waals surface area contributed by atoms with Gasteiger partial charge in [0.15, 0.2) is 0 Å². The lowest BCUT2D eigenvalue weighted by Gasteiger charge is -2.30. The molecule has 1 aromatic heterocycles. The highest BCUT2D eigenvalue weighted by Gasteiger charge is 2.38. The molecule has 30 heavy (non-hydrogen) atoms. The average molecular weight is 413 g/mol. The second-order valence-corrected chi connectivity index (χ2v) is 7.77. The van der Waals surface area contributed by atoms with Crippen LogP contribution in [0.3, 0.4) is 0 Å². The van der Waals surface area contributed by atoms with Gasteiger partial charge in [0.25, 0.3) is 5.91 Å². The van der Waals surface area contributed by atoms with Gasteiger partial charge in [0, 0.05) is 12.1 Å². The molecule has 1 amide bonds. The number of nitrogens with one attached hydrogen (secondary N) is 1. The van der Waals surface area contributed by atoms with Crippen LogP contribution in [0.2, 0.25) is 0 Å². The van der Waals surface area contributed by atoms with Crippen LogP contribution in [0.4, 0.5) is 4.39 Å². The molecule has 1 aliphatic rings. The second-order valence-electron chi connectivity index (χ2n) is 7.77. The first-order valence-corrected chi connectivity index (χ1v) is 10.7. The van der Waals surface area contributed by atoms with E-state index in [2.05, 4.69) is 10.3 Å². The number of esters is 1. The monoisotopic (exact) mass is 412 g/mol. The molecule has 1 aliphatic carbocycles. The topological polar surface area (TPSA) is 68.3 Å². The van der Waals surface area contributed by atoms with Gasteiger partial charge in [0.05, 0.1) is 6.61 Å². The van der Waals surface area contributed by atoms with Crippen LogP contribution >= 0.6 is 0 Å². The number of halogens is 1. The SMILES string of the molecule is CCOC(=O)C(CC)(CC)NC(=O)c1ccc(C2CC2)c(Cc2ccc(F)cc2)n1. The predicted octanol–water partition coefficient (Wildman–Crippen LogP) is 4.54. The lowest BCUT2D eigenvalue weighted by molar-refractivity contribution is -0.151. The van der Waals surface area contributed by atoms with Crippen LogP contribution in [0, 0.1) is 5.82 Å². The van der Waals surface area contributed by atoms with Crippen molar-refractivity contribution < 1.29 is 18.7 Å². The molecule has 1 N–H and O–H groups in total. The summed E-state index contributed by atoms with van der Waals surface area (Å²) in [6, 6.07) is 10.0. The Balaban J connectivity index is 1.87. The first kappa shape index (κ1) is 21.9. The van der Waals surface area contributed by atoms with E-state index in [-0.39, 0.29) is 18.1 Å². The van der Waals surface area contributed by atoms with E-state index in [1.165, 1.54) is 12.1 Å². The maximum atomic E-state index is 13.3. The van der Waals surface area contributed by atoms with E-state index >= 15 is 0 Å². The first-order chi connectivity index (χ1) is 14.4. The molecule has 160 valence electrons. The number of hydrogen-bond acceptors (Lipinski definition) is 4. The maximum Gasteiger partial charge on any atom is 0.331 e. The summed E-state index contributed by atoms with van der Waals surface area (Å²) < 4.78 is 18.4. The molecule has 0 atom stereocenters. The summed E-state index contributed by atoms with van der Waals surface area (Å²) in [5, 5.41) is 2.87. The van der Waals surface area contributed by atoms with Gasteiger partial charge in [0.2, 0.25) is 0 Å². The van der Waals surface area contributed by atoms with Crippen molar-refractivity contribution in [1.29, 1.82) is 0 Å². The quantitative estimate of drug-likeness (QED) is 0.614. The maximum absolute atomic E-state index is 13.3. The van der Waals surface area contributed by atoms with Gasteiger partial charge in [-0.15, -0.1) is 0 Å². The lowest BCUT2D eigenvalue weighted by atomic mass is 9.92. The molecule has 1 aromatic carbocycles. The van der Waals surface area contributed by atoms with Crippen LogP contribution in [0.1, 0.15) is 79.7 Å². The standard InChI is InChI=1S/C24H29FN2O3/c1-4-24(5-2,23(29)30-6-3)27-22(28)20-14-13-19(17-9-10-17)21(26-20)15-16-7-11-18(25)12-8-16/h7-8,11-14,17H,4-6,9-10,15H2,1-3H3,(H,27,28). The molecule has 0 aliphatic heterocycles. The van der Waals surface area contributed by atoms with Crippen molar-refractivity contribution in [3.05, 3.63) is 64.7 Å². The van der Waals surface area contributed by atoms with E-state index < -0.39 is 17.4 Å². The van der Waals surface area contributed by atoms with Crippen LogP contribution in [0.25, 0.3) is 0 Å². The highest BCUT2D eigenvalue weighted by atomic mass is 19.1. The zero-order valence-corrected chi connectivity index (χ0v) is 17.8. The number of amides is 1. The number of carbonyl (C=O) groups is 2. The number of pyridine rings is 1. The first-order valence-electron chi connectivity index (χ1n) is 10.7. The normalized spacial score (nSPS) is 13.7. The lowest BCUT2D eigenvalue weighted by Crippen LogP contribution is -2.54. The van der Waals surface area contributed by atoms with Crippen molar-refractivity contribution in [2.45, 2.75) is 64.3 Å². The molecule has 5 nitrogen and oxygen atoms in total. The van der Waals surface area contributed by atoms with Gasteiger partial charge < -0.3 is 10.1 Å². The highest BCUT2D eigenvalue weighted by Crippen LogP contribution is 2.41. The largest absolute Gasteiger partial charge is 0.464 e. The molecule has 0 radical (unpaired) electrons. The average Bonchev–Trinajstić information content (AvgIpc) is 3.59. The fraction of sp³-hybridized carbons (Fsp3) is 0.458. The van der Waals surface area contributed by atoms with Crippen LogP contribution < -0.4 is 5.32 Å². The molecule has 0 bridgehead atoms. The van der Waals surface area contributed by atoms with Crippen LogP contribution in [0.5, 0.6) is 0 Å². The van der Waals surface area contributed by atoms with Crippen molar-refractivity contribution in [2.75, 3.05) is 6.61 Å². The smallest absolute Gasteiger partial charge is 0.331 e. The molecule has 1 saturated carbocycles. The summed E-state index contributed by atoms with van der Waals surface area (Å²) in [7, 11) is 0. The molecule has 0 spiro atoms. The van der Waals surface area contributed by atoms with Gasteiger partial charge >= 0.3 is 5.97 Å². The second kappa shape index (κ2) is 9.37. The predicted molar refractivity (Wildman–Crippen MR) is 113 cm³/mol. The zero-order valence-electron chi connectivity index (χ0n) is 17.8. The third-order valence-corrected chi connectivity index (χ3v) is 5.77. The fourth-order valence-electron chi connectivity index (χ4n) is 3.66. The van der Waals surface area contributed by atoms with Gasteiger partial charge in [-0.1, -0.05) is 32.0 Å². The van der Waals surface area contributed by atoms with Crippen molar-refractivity contribution in [3.63, 3.8) is 0 Å². The number of aromatic nitrogens is 1. The van der Waals surface area contributed by atoms with Gasteiger partial charge in [-0.3, -0.25) is 4.79 Å². The Morgan fingerprint density at radius 1 is 1.10 bits per heavy atom. The summed E-state index contributed by atoms with van der Waals surface area (Å²) in [4.78, 5) is 30.1. The van der Waals surface area contributed by atoms with Crippen molar-refractivity contribution in [2.24, 2.45) is 0 Å². The summed E-state index contributed by atoms with van der Waals surface area (Å²) >= 11 is 0. The highest BCUT2D eigenvalue weighted by molar-refractivity contribution is 5.96. The molecule has 0 saturated heterocycles. The Bertz CT molecular complexity index is 903. The van der Waals surface area contributed by atoms with E-state index in [1.807, 2.05) is 19.9 Å². The Morgan fingerprint density at radius 2 is 1.77 bits per heavy atom. The molecular formula is C24H29FN2O3. The van der Waals surface area contributed by atoms with Crippen molar-refractivity contribution >= 4 is 11.9 Å². The number of rotatable bonds is 9. The third-order valence-electron chi connectivity index (χ3n) is 5.77. The van der Waals surface area contributed by atoms with Crippen molar-refractivity contribution in [1.82, 2.24) is 10.3 Å². The summed E-state index contributed by atoms with van der Waals surface area (Å²) in [5.41, 5.74) is 2.10. The molecule has 1 heterocycles. The van der Waals surface area contributed by atoms with Crippen LogP contribution in [-0.4, -0.2) is 29.0 Å². The minimum Gasteiger partial charge on any atom is -0.464 e. The molecule has 0 unspecified atom stereocenters. The van der Waals surface area contributed by atoms with E-state index in [9.17, 15) is 14.0 Å². The Morgan fingerprint density at radius 3 is 2.33 bits per heavy atom. The number of nitrogens with zero attached hydrogens (tertiary/aromatic N) is 1.